The first-order chi connectivity index (χ1) is 14.2. The minimum atomic E-state index is -0.889. The Hall–Kier alpha value is -3.57. The van der Waals surface area contributed by atoms with Crippen molar-refractivity contribution in [3.05, 3.63) is 28.6 Å². The van der Waals surface area contributed by atoms with E-state index in [-0.39, 0.29) is 31.5 Å². The van der Waals surface area contributed by atoms with Crippen molar-refractivity contribution in [1.82, 2.24) is 9.47 Å². The Morgan fingerprint density at radius 3 is 2.27 bits per heavy atom. The van der Waals surface area contributed by atoms with Gasteiger partial charge in [0.05, 0.1) is 25.0 Å². The van der Waals surface area contributed by atoms with Crippen LogP contribution in [0, 0.1) is 53.8 Å². The van der Waals surface area contributed by atoms with Crippen molar-refractivity contribution in [1.29, 1.82) is 15.8 Å². The summed E-state index contributed by atoms with van der Waals surface area (Å²) in [6.45, 7) is 8.68. The van der Waals surface area contributed by atoms with Crippen LogP contribution < -0.4 is 0 Å². The number of aromatic nitrogens is 1. The third-order valence-corrected chi connectivity index (χ3v) is 4.47. The highest BCUT2D eigenvalue weighted by Gasteiger charge is 2.18. The molecule has 0 saturated heterocycles. The molecule has 1 aromatic heterocycles. The third kappa shape index (κ3) is 7.11. The average Bonchev–Trinajstić information content (AvgIpc) is 2.96. The topological polar surface area (TPSA) is 123 Å². The van der Waals surface area contributed by atoms with Crippen LogP contribution in [0.2, 0.25) is 0 Å². The molecule has 0 N–H and O–H groups in total. The van der Waals surface area contributed by atoms with E-state index in [1.54, 1.807) is 0 Å². The van der Waals surface area contributed by atoms with Crippen LogP contribution in [-0.2, 0) is 20.9 Å². The Balaban J connectivity index is 2.89. The van der Waals surface area contributed by atoms with Crippen LogP contribution in [0.15, 0.2) is 11.6 Å². The predicted octanol–water partition coefficient (Wildman–Crippen LogP) is 2.87. The zero-order chi connectivity index (χ0) is 22.7. The van der Waals surface area contributed by atoms with Gasteiger partial charge >= 0.3 is 5.97 Å². The second-order valence-corrected chi connectivity index (χ2v) is 7.27. The van der Waals surface area contributed by atoms with Gasteiger partial charge in [0.15, 0.2) is 6.61 Å². The lowest BCUT2D eigenvalue weighted by molar-refractivity contribution is -0.148. The molecule has 0 bridgehead atoms. The first-order valence-electron chi connectivity index (χ1n) is 9.72. The second kappa shape index (κ2) is 12.1. The number of hydrogen-bond donors (Lipinski definition) is 0. The lowest BCUT2D eigenvalue weighted by atomic mass is 10.1. The zero-order valence-corrected chi connectivity index (χ0v) is 17.9. The van der Waals surface area contributed by atoms with Gasteiger partial charge in [-0.25, -0.2) is 4.79 Å². The maximum Gasteiger partial charge on any atom is 0.349 e. The van der Waals surface area contributed by atoms with E-state index in [1.807, 2.05) is 38.1 Å². The molecule has 1 aromatic rings. The number of carbonyl (C=O) groups excluding carboxylic acids is 2. The largest absolute Gasteiger partial charge is 0.451 e. The van der Waals surface area contributed by atoms with Gasteiger partial charge in [0.25, 0.3) is 5.91 Å². The molecule has 0 radical (unpaired) electrons. The molecule has 0 spiro atoms. The molecule has 1 rings (SSSR count). The maximum atomic E-state index is 12.3. The Morgan fingerprint density at radius 1 is 1.17 bits per heavy atom. The van der Waals surface area contributed by atoms with E-state index < -0.39 is 18.5 Å². The van der Waals surface area contributed by atoms with Crippen LogP contribution in [0.3, 0.4) is 0 Å². The monoisotopic (exact) mass is 409 g/mol. The van der Waals surface area contributed by atoms with Crippen molar-refractivity contribution in [3.63, 3.8) is 0 Å². The summed E-state index contributed by atoms with van der Waals surface area (Å²) in [5, 5.41) is 26.8. The summed E-state index contributed by atoms with van der Waals surface area (Å²) in [5.41, 5.74) is 2.52. The molecular weight excluding hydrogens is 382 g/mol. The fourth-order valence-corrected chi connectivity index (χ4v) is 2.94. The summed E-state index contributed by atoms with van der Waals surface area (Å²) in [6.07, 6.45) is 1.69. The van der Waals surface area contributed by atoms with Gasteiger partial charge in [-0.3, -0.25) is 4.79 Å². The number of amides is 1. The summed E-state index contributed by atoms with van der Waals surface area (Å²) < 4.78 is 7.15. The van der Waals surface area contributed by atoms with Gasteiger partial charge in [0.2, 0.25) is 0 Å². The molecule has 0 aliphatic carbocycles. The fraction of sp³-hybridized carbons (Fsp3) is 0.500. The van der Waals surface area contributed by atoms with Gasteiger partial charge in [-0.2, -0.15) is 15.8 Å². The SMILES string of the molecule is Cc1cc(/C=C(\C#N)C(=O)OCC(=O)N(CCC#N)CCC#N)c(C)n1CC(C)C. The lowest BCUT2D eigenvalue weighted by Crippen LogP contribution is -2.36. The number of hydrogen-bond acceptors (Lipinski definition) is 6. The molecule has 0 aliphatic heterocycles. The maximum absolute atomic E-state index is 12.3. The third-order valence-electron chi connectivity index (χ3n) is 4.47. The molecule has 30 heavy (non-hydrogen) atoms. The van der Waals surface area contributed by atoms with E-state index >= 15 is 0 Å². The number of esters is 1. The number of ether oxygens (including phenoxy) is 1. The molecule has 0 unspecified atom stereocenters. The van der Waals surface area contributed by atoms with Gasteiger partial charge in [0, 0.05) is 31.0 Å². The van der Waals surface area contributed by atoms with E-state index in [2.05, 4.69) is 18.4 Å². The molecule has 1 heterocycles. The van der Waals surface area contributed by atoms with Crippen molar-refractivity contribution in [3.8, 4) is 18.2 Å². The first kappa shape index (κ1) is 24.5. The molecule has 0 atom stereocenters. The Bertz CT molecular complexity index is 904. The Labute approximate surface area is 177 Å². The highest BCUT2D eigenvalue weighted by Crippen LogP contribution is 2.20. The first-order valence-corrected chi connectivity index (χ1v) is 9.72. The van der Waals surface area contributed by atoms with Crippen molar-refractivity contribution >= 4 is 18.0 Å². The number of rotatable bonds is 10. The van der Waals surface area contributed by atoms with E-state index in [9.17, 15) is 14.9 Å². The highest BCUT2D eigenvalue weighted by atomic mass is 16.5. The molecule has 0 aliphatic rings. The minimum absolute atomic E-state index is 0.112. The molecule has 8 heteroatoms. The summed E-state index contributed by atoms with van der Waals surface area (Å²) in [7, 11) is 0. The van der Waals surface area contributed by atoms with Gasteiger partial charge in [-0.05, 0) is 37.5 Å². The highest BCUT2D eigenvalue weighted by molar-refractivity contribution is 5.99. The van der Waals surface area contributed by atoms with E-state index in [0.29, 0.717) is 5.92 Å². The van der Waals surface area contributed by atoms with Crippen LogP contribution >= 0.6 is 0 Å². The van der Waals surface area contributed by atoms with Crippen LogP contribution in [0.5, 0.6) is 0 Å². The summed E-state index contributed by atoms with van der Waals surface area (Å²) in [4.78, 5) is 25.9. The summed E-state index contributed by atoms with van der Waals surface area (Å²) in [6, 6.07) is 7.60. The zero-order valence-electron chi connectivity index (χ0n) is 17.9. The van der Waals surface area contributed by atoms with Crippen molar-refractivity contribution < 1.29 is 14.3 Å². The molecule has 158 valence electrons. The van der Waals surface area contributed by atoms with Gasteiger partial charge in [0.1, 0.15) is 11.6 Å². The standard InChI is InChI=1S/C22H27N5O3/c1-16(2)14-27-17(3)11-19(18(27)4)12-20(13-25)22(29)30-15-21(28)26(9-5-7-23)10-6-8-24/h11-12,16H,5-6,9-10,14-15H2,1-4H3/b20-12+. The Morgan fingerprint density at radius 2 is 1.77 bits per heavy atom. The van der Waals surface area contributed by atoms with Crippen molar-refractivity contribution in [2.75, 3.05) is 19.7 Å². The molecule has 0 aromatic carbocycles. The normalized spacial score (nSPS) is 10.8. The Kier molecular flexibility index (Phi) is 9.86. The van der Waals surface area contributed by atoms with Gasteiger partial charge in [-0.15, -0.1) is 0 Å². The number of aryl methyl sites for hydroxylation is 1. The van der Waals surface area contributed by atoms with Gasteiger partial charge in [-0.1, -0.05) is 13.8 Å². The smallest absolute Gasteiger partial charge is 0.349 e. The fourth-order valence-electron chi connectivity index (χ4n) is 2.94. The average molecular weight is 409 g/mol. The van der Waals surface area contributed by atoms with Gasteiger partial charge < -0.3 is 14.2 Å². The number of nitriles is 3. The molecule has 0 fully saturated rings. The van der Waals surface area contributed by atoms with E-state index in [0.717, 1.165) is 23.5 Å². The molecule has 1 amide bonds. The number of nitrogens with zero attached hydrogens (tertiary/aromatic N) is 5. The predicted molar refractivity (Wildman–Crippen MR) is 110 cm³/mol. The van der Waals surface area contributed by atoms with Crippen LogP contribution in [0.4, 0.5) is 0 Å². The van der Waals surface area contributed by atoms with Crippen LogP contribution in [0.1, 0.15) is 43.6 Å². The molecule has 0 saturated carbocycles. The summed E-state index contributed by atoms with van der Waals surface area (Å²) in [5.74, 6) is -0.954. The minimum Gasteiger partial charge on any atom is -0.451 e. The quantitative estimate of drug-likeness (QED) is 0.332. The van der Waals surface area contributed by atoms with Crippen LogP contribution in [-0.4, -0.2) is 41.0 Å². The van der Waals surface area contributed by atoms with Crippen molar-refractivity contribution in [2.24, 2.45) is 5.92 Å². The van der Waals surface area contributed by atoms with Crippen LogP contribution in [0.25, 0.3) is 6.08 Å². The van der Waals surface area contributed by atoms with E-state index in [4.69, 9.17) is 15.3 Å². The van der Waals surface area contributed by atoms with Crippen molar-refractivity contribution in [2.45, 2.75) is 47.1 Å². The summed E-state index contributed by atoms with van der Waals surface area (Å²) >= 11 is 0. The van der Waals surface area contributed by atoms with E-state index in [1.165, 1.54) is 11.0 Å². The molecular formula is C22H27N5O3. The lowest BCUT2D eigenvalue weighted by Gasteiger charge is -2.19. The second-order valence-electron chi connectivity index (χ2n) is 7.27. The molecule has 8 nitrogen and oxygen atoms in total. The number of carbonyl (C=O) groups is 2.